The summed E-state index contributed by atoms with van der Waals surface area (Å²) in [6, 6.07) is 6.05. The quantitative estimate of drug-likeness (QED) is 0.888. The monoisotopic (exact) mass is 278 g/mol. The van der Waals surface area contributed by atoms with Gasteiger partial charge in [0.1, 0.15) is 5.82 Å². The van der Waals surface area contributed by atoms with Gasteiger partial charge in [-0.15, -0.1) is 0 Å². The van der Waals surface area contributed by atoms with Gasteiger partial charge in [-0.25, -0.2) is 4.39 Å². The van der Waals surface area contributed by atoms with E-state index in [9.17, 15) is 9.18 Å². The van der Waals surface area contributed by atoms with Crippen LogP contribution in [-0.4, -0.2) is 18.0 Å². The number of carbonyl (C=O) groups is 1. The molecule has 0 saturated heterocycles. The Morgan fingerprint density at radius 1 is 1.40 bits per heavy atom. The predicted molar refractivity (Wildman–Crippen MR) is 77.7 cm³/mol. The first kappa shape index (κ1) is 15.0. The number of halogens is 1. The number of amides is 1. The van der Waals surface area contributed by atoms with Crippen molar-refractivity contribution >= 4 is 5.91 Å². The number of hydrogen-bond donors (Lipinski definition) is 2. The molecule has 4 heteroatoms. The Labute approximate surface area is 119 Å². The van der Waals surface area contributed by atoms with Gasteiger partial charge in [0.15, 0.2) is 0 Å². The molecule has 0 aromatic heterocycles. The van der Waals surface area contributed by atoms with E-state index >= 15 is 0 Å². The van der Waals surface area contributed by atoms with Gasteiger partial charge in [-0.2, -0.15) is 0 Å². The Kier molecular flexibility index (Phi) is 4.76. The van der Waals surface area contributed by atoms with Crippen molar-refractivity contribution in [3.05, 3.63) is 35.6 Å². The summed E-state index contributed by atoms with van der Waals surface area (Å²) in [5.41, 5.74) is 6.48. The normalized spacial score (nSPS) is 26.2. The Balaban J connectivity index is 2.00. The molecule has 0 aliphatic heterocycles. The molecule has 1 aromatic rings. The van der Waals surface area contributed by atoms with Gasteiger partial charge in [-0.05, 0) is 36.5 Å². The van der Waals surface area contributed by atoms with Crippen LogP contribution in [0.5, 0.6) is 0 Å². The molecule has 0 bridgehead atoms. The summed E-state index contributed by atoms with van der Waals surface area (Å²) in [4.78, 5) is 12.2. The summed E-state index contributed by atoms with van der Waals surface area (Å²) < 4.78 is 12.8. The highest BCUT2D eigenvalue weighted by atomic mass is 19.1. The molecule has 110 valence electrons. The highest BCUT2D eigenvalue weighted by Gasteiger charge is 2.38. The lowest BCUT2D eigenvalue weighted by Crippen LogP contribution is -2.59. The summed E-state index contributed by atoms with van der Waals surface area (Å²) in [6.07, 6.45) is 4.64. The molecular formula is C16H23FN2O. The average molecular weight is 278 g/mol. The number of hydrogen-bond acceptors (Lipinski definition) is 2. The predicted octanol–water partition coefficient (Wildman–Crippen LogP) is 2.39. The van der Waals surface area contributed by atoms with E-state index in [4.69, 9.17) is 5.73 Å². The molecular weight excluding hydrogens is 255 g/mol. The van der Waals surface area contributed by atoms with Crippen LogP contribution >= 0.6 is 0 Å². The zero-order chi connectivity index (χ0) is 14.6. The molecule has 3 nitrogen and oxygen atoms in total. The van der Waals surface area contributed by atoms with E-state index in [-0.39, 0.29) is 23.7 Å². The van der Waals surface area contributed by atoms with E-state index < -0.39 is 0 Å². The van der Waals surface area contributed by atoms with Gasteiger partial charge in [0, 0.05) is 6.54 Å². The van der Waals surface area contributed by atoms with Crippen molar-refractivity contribution in [1.29, 1.82) is 0 Å². The van der Waals surface area contributed by atoms with E-state index in [1.807, 2.05) is 0 Å². The van der Waals surface area contributed by atoms with Crippen molar-refractivity contribution in [2.24, 2.45) is 11.7 Å². The van der Waals surface area contributed by atoms with Gasteiger partial charge in [0.05, 0.1) is 12.0 Å². The highest BCUT2D eigenvalue weighted by molar-refractivity contribution is 5.79. The minimum Gasteiger partial charge on any atom is -0.349 e. The van der Waals surface area contributed by atoms with Gasteiger partial charge >= 0.3 is 0 Å². The van der Waals surface area contributed by atoms with Gasteiger partial charge in [0.25, 0.3) is 0 Å². The fourth-order valence-electron chi connectivity index (χ4n) is 3.06. The highest BCUT2D eigenvalue weighted by Crippen LogP contribution is 2.32. The Morgan fingerprint density at radius 2 is 2.10 bits per heavy atom. The molecule has 2 rings (SSSR count). The molecule has 1 amide bonds. The van der Waals surface area contributed by atoms with Crippen LogP contribution in [0, 0.1) is 11.7 Å². The molecule has 1 aromatic carbocycles. The second-order valence-electron chi connectivity index (χ2n) is 5.86. The van der Waals surface area contributed by atoms with Crippen LogP contribution in [0.15, 0.2) is 24.3 Å². The van der Waals surface area contributed by atoms with E-state index in [1.165, 1.54) is 18.6 Å². The SMILES string of the molecule is CC1CCCCC1(CN)NC(=O)Cc1ccc(F)cc1. The van der Waals surface area contributed by atoms with Crippen LogP contribution in [0.1, 0.15) is 38.2 Å². The topological polar surface area (TPSA) is 55.1 Å². The third-order valence-electron chi connectivity index (χ3n) is 4.48. The first-order valence-electron chi connectivity index (χ1n) is 7.31. The zero-order valence-electron chi connectivity index (χ0n) is 12.0. The summed E-state index contributed by atoms with van der Waals surface area (Å²) in [6.45, 7) is 2.63. The summed E-state index contributed by atoms with van der Waals surface area (Å²) in [5, 5.41) is 3.14. The summed E-state index contributed by atoms with van der Waals surface area (Å²) in [5.74, 6) is 0.0858. The van der Waals surface area contributed by atoms with Crippen LogP contribution in [-0.2, 0) is 11.2 Å². The Morgan fingerprint density at radius 3 is 2.70 bits per heavy atom. The van der Waals surface area contributed by atoms with Crippen LogP contribution in [0.4, 0.5) is 4.39 Å². The average Bonchev–Trinajstić information content (AvgIpc) is 2.44. The fraction of sp³-hybridized carbons (Fsp3) is 0.562. The standard InChI is InChI=1S/C16H23FN2O/c1-12-4-2-3-9-16(12,11-18)19-15(20)10-13-5-7-14(17)8-6-13/h5-8,12H,2-4,9-11,18H2,1H3,(H,19,20). The van der Waals surface area contributed by atoms with Crippen LogP contribution in [0.25, 0.3) is 0 Å². The van der Waals surface area contributed by atoms with Crippen LogP contribution < -0.4 is 11.1 Å². The third kappa shape index (κ3) is 3.37. The Bertz CT molecular complexity index is 460. The molecule has 3 N–H and O–H groups in total. The van der Waals surface area contributed by atoms with E-state index in [1.54, 1.807) is 12.1 Å². The maximum absolute atomic E-state index is 12.8. The smallest absolute Gasteiger partial charge is 0.224 e. The molecule has 0 spiro atoms. The van der Waals surface area contributed by atoms with E-state index in [2.05, 4.69) is 12.2 Å². The minimum atomic E-state index is -0.284. The number of carbonyl (C=O) groups excluding carboxylic acids is 1. The number of nitrogens with two attached hydrogens (primary N) is 1. The number of nitrogens with one attached hydrogen (secondary N) is 1. The number of benzene rings is 1. The first-order chi connectivity index (χ1) is 9.55. The maximum Gasteiger partial charge on any atom is 0.224 e. The molecule has 20 heavy (non-hydrogen) atoms. The van der Waals surface area contributed by atoms with Gasteiger partial charge < -0.3 is 11.1 Å². The maximum atomic E-state index is 12.8. The van der Waals surface area contributed by atoms with Crippen LogP contribution in [0.2, 0.25) is 0 Å². The second-order valence-corrected chi connectivity index (χ2v) is 5.86. The lowest BCUT2D eigenvalue weighted by Gasteiger charge is -2.42. The van der Waals surface area contributed by atoms with Crippen LogP contribution in [0.3, 0.4) is 0 Å². The van der Waals surface area contributed by atoms with E-state index in [0.717, 1.165) is 24.8 Å². The Hall–Kier alpha value is -1.42. The zero-order valence-corrected chi connectivity index (χ0v) is 12.0. The van der Waals surface area contributed by atoms with Crippen molar-refractivity contribution in [3.8, 4) is 0 Å². The fourth-order valence-corrected chi connectivity index (χ4v) is 3.06. The first-order valence-corrected chi connectivity index (χ1v) is 7.31. The molecule has 2 atom stereocenters. The third-order valence-corrected chi connectivity index (χ3v) is 4.48. The van der Waals surface area contributed by atoms with Crippen molar-refractivity contribution < 1.29 is 9.18 Å². The minimum absolute atomic E-state index is 0.0317. The molecule has 0 radical (unpaired) electrons. The van der Waals surface area contributed by atoms with Crippen molar-refractivity contribution in [2.75, 3.05) is 6.54 Å². The molecule has 1 aliphatic rings. The summed E-state index contributed by atoms with van der Waals surface area (Å²) in [7, 11) is 0. The van der Waals surface area contributed by atoms with Gasteiger partial charge in [-0.3, -0.25) is 4.79 Å². The molecule has 2 unspecified atom stereocenters. The molecule has 1 aliphatic carbocycles. The second kappa shape index (κ2) is 6.35. The lowest BCUT2D eigenvalue weighted by atomic mass is 9.73. The number of rotatable bonds is 4. The largest absolute Gasteiger partial charge is 0.349 e. The van der Waals surface area contributed by atoms with Gasteiger partial charge in [0.2, 0.25) is 5.91 Å². The molecule has 1 fully saturated rings. The van der Waals surface area contributed by atoms with Crippen molar-refractivity contribution in [2.45, 2.75) is 44.6 Å². The van der Waals surface area contributed by atoms with E-state index in [0.29, 0.717) is 12.5 Å². The molecule has 0 heterocycles. The molecule has 1 saturated carbocycles. The van der Waals surface area contributed by atoms with Crippen molar-refractivity contribution in [3.63, 3.8) is 0 Å². The summed E-state index contributed by atoms with van der Waals surface area (Å²) >= 11 is 0. The van der Waals surface area contributed by atoms with Crippen molar-refractivity contribution in [1.82, 2.24) is 5.32 Å². The van der Waals surface area contributed by atoms with Gasteiger partial charge in [-0.1, -0.05) is 31.9 Å². The lowest BCUT2D eigenvalue weighted by molar-refractivity contribution is -0.123.